The lowest BCUT2D eigenvalue weighted by Gasteiger charge is -2.06. The number of non-ortho nitro benzene ring substituents is 1. The molecule has 0 bridgehead atoms. The van der Waals surface area contributed by atoms with Gasteiger partial charge in [0.2, 0.25) is 0 Å². The van der Waals surface area contributed by atoms with Gasteiger partial charge in [-0.05, 0) is 37.4 Å². The maximum atomic E-state index is 11.8. The number of ether oxygens (including phenoxy) is 1. The third-order valence-corrected chi connectivity index (χ3v) is 3.73. The number of nitro benzene ring substituents is 1. The first-order valence-corrected chi connectivity index (χ1v) is 7.59. The lowest BCUT2D eigenvalue weighted by atomic mass is 10.3. The zero-order valence-corrected chi connectivity index (χ0v) is 13.1. The molecule has 6 nitrogen and oxygen atoms in total. The molecule has 1 amide bonds. The first kappa shape index (κ1) is 16.0. The number of carbonyl (C=O) groups is 1. The number of thiophene rings is 1. The smallest absolute Gasteiger partial charge is 0.269 e. The van der Waals surface area contributed by atoms with Gasteiger partial charge in [0.15, 0.2) is 0 Å². The van der Waals surface area contributed by atoms with Crippen molar-refractivity contribution < 1.29 is 14.5 Å². The molecule has 2 aromatic rings. The summed E-state index contributed by atoms with van der Waals surface area (Å²) in [4.78, 5) is 22.6. The number of hydrogen-bond acceptors (Lipinski definition) is 5. The van der Waals surface area contributed by atoms with Crippen molar-refractivity contribution >= 4 is 22.9 Å². The van der Waals surface area contributed by atoms with E-state index < -0.39 is 4.92 Å². The molecule has 0 unspecified atom stereocenters. The Balaban J connectivity index is 1.93. The van der Waals surface area contributed by atoms with Crippen LogP contribution in [0.3, 0.4) is 0 Å². The SMILES string of the molecule is CC(C)NC(=O)c1cc(COc2ccc([N+](=O)[O-])cc2)cs1. The van der Waals surface area contributed by atoms with Crippen molar-refractivity contribution in [1.82, 2.24) is 5.32 Å². The normalized spacial score (nSPS) is 10.5. The molecule has 2 rings (SSSR count). The quantitative estimate of drug-likeness (QED) is 0.653. The Morgan fingerprint density at radius 1 is 1.36 bits per heavy atom. The van der Waals surface area contributed by atoms with E-state index in [1.54, 1.807) is 18.2 Å². The van der Waals surface area contributed by atoms with E-state index in [4.69, 9.17) is 4.74 Å². The fourth-order valence-electron chi connectivity index (χ4n) is 1.73. The molecule has 0 atom stereocenters. The fraction of sp³-hybridized carbons (Fsp3) is 0.267. The van der Waals surface area contributed by atoms with Crippen molar-refractivity contribution in [3.8, 4) is 5.75 Å². The van der Waals surface area contributed by atoms with Crippen molar-refractivity contribution in [2.45, 2.75) is 26.5 Å². The van der Waals surface area contributed by atoms with Crippen LogP contribution < -0.4 is 10.1 Å². The molecule has 1 aromatic heterocycles. The van der Waals surface area contributed by atoms with Crippen LogP contribution in [-0.4, -0.2) is 16.9 Å². The average Bonchev–Trinajstić information content (AvgIpc) is 2.94. The first-order valence-electron chi connectivity index (χ1n) is 6.71. The number of hydrogen-bond donors (Lipinski definition) is 1. The number of nitro groups is 1. The molecule has 0 saturated carbocycles. The Hall–Kier alpha value is -2.41. The van der Waals surface area contributed by atoms with Crippen molar-refractivity contribution in [2.24, 2.45) is 0 Å². The molecule has 1 aromatic carbocycles. The molecule has 22 heavy (non-hydrogen) atoms. The van der Waals surface area contributed by atoms with E-state index in [1.807, 2.05) is 19.2 Å². The van der Waals surface area contributed by atoms with E-state index in [-0.39, 0.29) is 17.6 Å². The molecule has 1 heterocycles. The second-order valence-electron chi connectivity index (χ2n) is 4.99. The van der Waals surface area contributed by atoms with Gasteiger partial charge in [-0.25, -0.2) is 0 Å². The number of benzene rings is 1. The molecule has 116 valence electrons. The molecule has 0 aliphatic carbocycles. The molecule has 0 aliphatic heterocycles. The predicted octanol–water partition coefficient (Wildman–Crippen LogP) is 3.37. The number of nitrogens with one attached hydrogen (secondary N) is 1. The van der Waals surface area contributed by atoms with Gasteiger partial charge in [0.25, 0.3) is 11.6 Å². The van der Waals surface area contributed by atoms with Gasteiger partial charge in [-0.1, -0.05) is 0 Å². The maximum Gasteiger partial charge on any atom is 0.269 e. The number of amides is 1. The highest BCUT2D eigenvalue weighted by Gasteiger charge is 2.10. The molecule has 0 radical (unpaired) electrons. The van der Waals surface area contributed by atoms with Crippen molar-refractivity contribution in [2.75, 3.05) is 0 Å². The Morgan fingerprint density at radius 3 is 2.64 bits per heavy atom. The van der Waals surface area contributed by atoms with Crippen molar-refractivity contribution in [3.63, 3.8) is 0 Å². The van der Waals surface area contributed by atoms with E-state index in [0.717, 1.165) is 5.56 Å². The standard InChI is InChI=1S/C15H16N2O4S/c1-10(2)16-15(18)14-7-11(9-22-14)8-21-13-5-3-12(4-6-13)17(19)20/h3-7,9-10H,8H2,1-2H3,(H,16,18). The van der Waals surface area contributed by atoms with E-state index in [0.29, 0.717) is 17.2 Å². The Kier molecular flexibility index (Phi) is 5.11. The second-order valence-corrected chi connectivity index (χ2v) is 5.90. The molecule has 0 saturated heterocycles. The third-order valence-electron chi connectivity index (χ3n) is 2.75. The Morgan fingerprint density at radius 2 is 2.05 bits per heavy atom. The summed E-state index contributed by atoms with van der Waals surface area (Å²) in [6, 6.07) is 7.77. The topological polar surface area (TPSA) is 81.5 Å². The van der Waals surface area contributed by atoms with E-state index in [9.17, 15) is 14.9 Å². The molecular formula is C15H16N2O4S. The van der Waals surface area contributed by atoms with Gasteiger partial charge in [-0.3, -0.25) is 14.9 Å². The number of carbonyl (C=O) groups excluding carboxylic acids is 1. The lowest BCUT2D eigenvalue weighted by Crippen LogP contribution is -2.29. The van der Waals surface area contributed by atoms with Crippen LogP contribution in [0.2, 0.25) is 0 Å². The van der Waals surface area contributed by atoms with Crippen LogP contribution in [0.15, 0.2) is 35.7 Å². The first-order chi connectivity index (χ1) is 10.5. The van der Waals surface area contributed by atoms with E-state index >= 15 is 0 Å². The summed E-state index contributed by atoms with van der Waals surface area (Å²) in [7, 11) is 0. The predicted molar refractivity (Wildman–Crippen MR) is 84.3 cm³/mol. The van der Waals surface area contributed by atoms with Gasteiger partial charge in [0.1, 0.15) is 12.4 Å². The molecule has 0 aliphatic rings. The summed E-state index contributed by atoms with van der Waals surface area (Å²) in [6.45, 7) is 4.12. The highest BCUT2D eigenvalue weighted by atomic mass is 32.1. The number of nitrogens with zero attached hydrogens (tertiary/aromatic N) is 1. The van der Waals surface area contributed by atoms with Crippen LogP contribution in [-0.2, 0) is 6.61 Å². The Bertz CT molecular complexity index is 664. The van der Waals surface area contributed by atoms with Crippen LogP contribution in [0.1, 0.15) is 29.1 Å². The van der Waals surface area contributed by atoms with Crippen LogP contribution in [0.5, 0.6) is 5.75 Å². The molecule has 1 N–H and O–H groups in total. The van der Waals surface area contributed by atoms with Gasteiger partial charge in [0.05, 0.1) is 9.80 Å². The summed E-state index contributed by atoms with van der Waals surface area (Å²) in [5, 5.41) is 15.3. The summed E-state index contributed by atoms with van der Waals surface area (Å²) in [6.07, 6.45) is 0. The molecular weight excluding hydrogens is 304 g/mol. The van der Waals surface area contributed by atoms with E-state index in [1.165, 1.54) is 23.5 Å². The summed E-state index contributed by atoms with van der Waals surface area (Å²) in [5.74, 6) is 0.451. The lowest BCUT2D eigenvalue weighted by molar-refractivity contribution is -0.384. The van der Waals surface area contributed by atoms with E-state index in [2.05, 4.69) is 5.32 Å². The highest BCUT2D eigenvalue weighted by Crippen LogP contribution is 2.20. The third kappa shape index (κ3) is 4.29. The monoisotopic (exact) mass is 320 g/mol. The fourth-order valence-corrected chi connectivity index (χ4v) is 2.53. The molecule has 0 fully saturated rings. The van der Waals surface area contributed by atoms with Crippen molar-refractivity contribution in [1.29, 1.82) is 0 Å². The number of rotatable bonds is 6. The van der Waals surface area contributed by atoms with Gasteiger partial charge < -0.3 is 10.1 Å². The van der Waals surface area contributed by atoms with Crippen LogP contribution >= 0.6 is 11.3 Å². The van der Waals surface area contributed by atoms with Gasteiger partial charge in [0, 0.05) is 23.7 Å². The summed E-state index contributed by atoms with van der Waals surface area (Å²) >= 11 is 1.36. The Labute approximate surface area is 131 Å². The minimum atomic E-state index is -0.456. The minimum Gasteiger partial charge on any atom is -0.489 e. The van der Waals surface area contributed by atoms with Crippen molar-refractivity contribution in [3.05, 3.63) is 56.3 Å². The summed E-state index contributed by atoms with van der Waals surface area (Å²) < 4.78 is 5.55. The minimum absolute atomic E-state index is 0.0236. The maximum absolute atomic E-state index is 11.8. The largest absolute Gasteiger partial charge is 0.489 e. The van der Waals surface area contributed by atoms with Gasteiger partial charge >= 0.3 is 0 Å². The van der Waals surface area contributed by atoms with Crippen LogP contribution in [0.25, 0.3) is 0 Å². The zero-order chi connectivity index (χ0) is 16.1. The van der Waals surface area contributed by atoms with Gasteiger partial charge in [-0.15, -0.1) is 11.3 Å². The molecule has 0 spiro atoms. The highest BCUT2D eigenvalue weighted by molar-refractivity contribution is 7.12. The average molecular weight is 320 g/mol. The summed E-state index contributed by atoms with van der Waals surface area (Å²) in [5.41, 5.74) is 0.910. The second kappa shape index (κ2) is 7.04. The molecule has 7 heteroatoms. The van der Waals surface area contributed by atoms with Crippen LogP contribution in [0.4, 0.5) is 5.69 Å². The zero-order valence-electron chi connectivity index (χ0n) is 12.2. The van der Waals surface area contributed by atoms with Gasteiger partial charge in [-0.2, -0.15) is 0 Å². The van der Waals surface area contributed by atoms with Crippen LogP contribution in [0, 0.1) is 10.1 Å².